The topological polar surface area (TPSA) is 66.1 Å². The summed E-state index contributed by atoms with van der Waals surface area (Å²) in [5.41, 5.74) is 2.50. The average Bonchev–Trinajstić information content (AvgIpc) is 2.67. The van der Waals surface area contributed by atoms with Crippen molar-refractivity contribution in [2.75, 3.05) is 6.54 Å². The molecule has 1 heterocycles. The molecule has 0 aliphatic rings. The molecule has 6 heteroatoms. The van der Waals surface area contributed by atoms with Crippen molar-refractivity contribution in [1.82, 2.24) is 14.9 Å². The summed E-state index contributed by atoms with van der Waals surface area (Å²) in [4.78, 5) is 33.8. The fourth-order valence-corrected chi connectivity index (χ4v) is 3.17. The highest BCUT2D eigenvalue weighted by atomic mass is 35.5. The first kappa shape index (κ1) is 19.1. The molecular formula is C21H22ClN3O2. The Bertz CT molecular complexity index is 1030. The van der Waals surface area contributed by atoms with Gasteiger partial charge in [0.25, 0.3) is 5.56 Å². The molecule has 27 heavy (non-hydrogen) atoms. The smallest absolute Gasteiger partial charge is 0.258 e. The number of hydrogen-bond donors (Lipinski definition) is 1. The lowest BCUT2D eigenvalue weighted by Gasteiger charge is -2.20. The number of hydrogen-bond acceptors (Lipinski definition) is 3. The van der Waals surface area contributed by atoms with E-state index in [0.717, 1.165) is 11.1 Å². The highest BCUT2D eigenvalue weighted by Gasteiger charge is 2.14. The van der Waals surface area contributed by atoms with Gasteiger partial charge in [0.1, 0.15) is 5.82 Å². The molecule has 3 aromatic rings. The molecule has 1 amide bonds. The summed E-state index contributed by atoms with van der Waals surface area (Å²) in [6.45, 7) is 4.70. The maximum absolute atomic E-state index is 12.6. The number of nitrogens with one attached hydrogen (secondary N) is 1. The van der Waals surface area contributed by atoms with Crippen LogP contribution in [0, 0.1) is 6.92 Å². The van der Waals surface area contributed by atoms with Crippen LogP contribution in [0.15, 0.2) is 47.3 Å². The summed E-state index contributed by atoms with van der Waals surface area (Å²) in [6.07, 6.45) is 1.00. The van der Waals surface area contributed by atoms with Gasteiger partial charge in [0.15, 0.2) is 0 Å². The highest BCUT2D eigenvalue weighted by molar-refractivity contribution is 6.31. The van der Waals surface area contributed by atoms with Crippen molar-refractivity contribution in [2.24, 2.45) is 0 Å². The van der Waals surface area contributed by atoms with Crippen molar-refractivity contribution >= 4 is 28.4 Å². The molecule has 0 unspecified atom stereocenters. The van der Waals surface area contributed by atoms with Crippen LogP contribution < -0.4 is 5.56 Å². The maximum Gasteiger partial charge on any atom is 0.258 e. The molecule has 140 valence electrons. The first-order chi connectivity index (χ1) is 13.0. The third kappa shape index (κ3) is 4.55. The largest absolute Gasteiger partial charge is 0.335 e. The molecule has 1 aromatic heterocycles. The molecule has 0 saturated carbocycles. The molecule has 2 aromatic carbocycles. The van der Waals surface area contributed by atoms with E-state index in [-0.39, 0.29) is 18.0 Å². The van der Waals surface area contributed by atoms with Gasteiger partial charge in [0.05, 0.1) is 17.4 Å². The minimum Gasteiger partial charge on any atom is -0.335 e. The van der Waals surface area contributed by atoms with Crippen molar-refractivity contribution < 1.29 is 4.79 Å². The zero-order chi connectivity index (χ0) is 19.4. The zero-order valence-corrected chi connectivity index (χ0v) is 16.2. The lowest BCUT2D eigenvalue weighted by atomic mass is 10.1. The fourth-order valence-electron chi connectivity index (χ4n) is 2.97. The van der Waals surface area contributed by atoms with Gasteiger partial charge >= 0.3 is 0 Å². The van der Waals surface area contributed by atoms with E-state index in [1.54, 1.807) is 23.1 Å². The Labute approximate surface area is 163 Å². The number of carbonyl (C=O) groups is 1. The number of carbonyl (C=O) groups excluding carboxylic acids is 1. The molecule has 0 saturated heterocycles. The highest BCUT2D eigenvalue weighted by Crippen LogP contribution is 2.18. The minimum absolute atomic E-state index is 0.0185. The summed E-state index contributed by atoms with van der Waals surface area (Å²) in [5.74, 6) is 0.511. The normalized spacial score (nSPS) is 10.9. The maximum atomic E-state index is 12.6. The average molecular weight is 384 g/mol. The molecule has 3 rings (SSSR count). The Balaban J connectivity index is 1.70. The van der Waals surface area contributed by atoms with Gasteiger partial charge in [0, 0.05) is 18.0 Å². The van der Waals surface area contributed by atoms with E-state index in [9.17, 15) is 9.59 Å². The van der Waals surface area contributed by atoms with E-state index in [4.69, 9.17) is 11.6 Å². The van der Waals surface area contributed by atoms with Gasteiger partial charge in [-0.3, -0.25) is 9.59 Å². The Morgan fingerprint density at radius 2 is 2.00 bits per heavy atom. The van der Waals surface area contributed by atoms with Gasteiger partial charge in [-0.2, -0.15) is 0 Å². The number of halogens is 1. The Morgan fingerprint density at radius 3 is 2.74 bits per heavy atom. The number of H-pyrrole nitrogens is 1. The number of aryl methyl sites for hydroxylation is 2. The second kappa shape index (κ2) is 8.35. The summed E-state index contributed by atoms with van der Waals surface area (Å²) < 4.78 is 0. The summed E-state index contributed by atoms with van der Waals surface area (Å²) in [6, 6.07) is 13.0. The van der Waals surface area contributed by atoms with Crippen LogP contribution in [0.3, 0.4) is 0 Å². The lowest BCUT2D eigenvalue weighted by molar-refractivity contribution is -0.131. The van der Waals surface area contributed by atoms with Crippen LogP contribution in [-0.2, 0) is 17.8 Å². The van der Waals surface area contributed by atoms with Crippen LogP contribution >= 0.6 is 11.6 Å². The monoisotopic (exact) mass is 383 g/mol. The predicted octanol–water partition coefficient (Wildman–Crippen LogP) is 3.87. The van der Waals surface area contributed by atoms with E-state index >= 15 is 0 Å². The van der Waals surface area contributed by atoms with Crippen LogP contribution in [-0.4, -0.2) is 27.3 Å². The number of aromatic amines is 1. The van der Waals surface area contributed by atoms with E-state index in [0.29, 0.717) is 41.1 Å². The number of para-hydroxylation sites is 1. The first-order valence-electron chi connectivity index (χ1n) is 8.98. The predicted molar refractivity (Wildman–Crippen MR) is 108 cm³/mol. The molecule has 0 spiro atoms. The summed E-state index contributed by atoms with van der Waals surface area (Å²) in [7, 11) is 0. The van der Waals surface area contributed by atoms with Gasteiger partial charge in [-0.1, -0.05) is 35.9 Å². The van der Waals surface area contributed by atoms with E-state index in [1.807, 2.05) is 38.1 Å². The molecule has 1 N–H and O–H groups in total. The number of benzene rings is 2. The number of aromatic nitrogens is 2. The van der Waals surface area contributed by atoms with Gasteiger partial charge in [-0.15, -0.1) is 0 Å². The number of nitrogens with zero attached hydrogens (tertiary/aromatic N) is 2. The van der Waals surface area contributed by atoms with E-state index in [2.05, 4.69) is 9.97 Å². The third-order valence-electron chi connectivity index (χ3n) is 4.60. The van der Waals surface area contributed by atoms with Crippen molar-refractivity contribution in [3.63, 3.8) is 0 Å². The van der Waals surface area contributed by atoms with Gasteiger partial charge in [-0.05, 0) is 49.6 Å². The molecule has 0 aliphatic heterocycles. The Kier molecular flexibility index (Phi) is 5.91. The molecule has 0 aliphatic carbocycles. The van der Waals surface area contributed by atoms with Gasteiger partial charge < -0.3 is 9.88 Å². The standard InChI is InChI=1S/C21H22ClN3O2/c1-3-25(20(26)11-10-15-9-8-14(2)17(22)12-15)13-19-23-18-7-5-4-6-16(18)21(27)24-19/h4-9,12H,3,10-11,13H2,1-2H3,(H,23,24,27). The van der Waals surface area contributed by atoms with Crippen molar-refractivity contribution in [1.29, 1.82) is 0 Å². The molecule has 0 atom stereocenters. The number of rotatable bonds is 6. The van der Waals surface area contributed by atoms with Crippen molar-refractivity contribution in [2.45, 2.75) is 33.2 Å². The van der Waals surface area contributed by atoms with Gasteiger partial charge in [0.2, 0.25) is 5.91 Å². The Hall–Kier alpha value is -2.66. The summed E-state index contributed by atoms with van der Waals surface area (Å²) in [5, 5.41) is 1.26. The van der Waals surface area contributed by atoms with E-state index in [1.165, 1.54) is 0 Å². The van der Waals surface area contributed by atoms with Gasteiger partial charge in [-0.25, -0.2) is 4.98 Å². The second-order valence-corrected chi connectivity index (χ2v) is 6.93. The zero-order valence-electron chi connectivity index (χ0n) is 15.5. The lowest BCUT2D eigenvalue weighted by Crippen LogP contribution is -2.32. The number of amides is 1. The second-order valence-electron chi connectivity index (χ2n) is 6.52. The van der Waals surface area contributed by atoms with Crippen molar-refractivity contribution in [3.05, 3.63) is 74.8 Å². The first-order valence-corrected chi connectivity index (χ1v) is 9.36. The number of fused-ring (bicyclic) bond motifs is 1. The van der Waals surface area contributed by atoms with Crippen molar-refractivity contribution in [3.8, 4) is 0 Å². The minimum atomic E-state index is -0.187. The molecular weight excluding hydrogens is 362 g/mol. The molecule has 5 nitrogen and oxygen atoms in total. The van der Waals surface area contributed by atoms with Crippen LogP contribution in [0.5, 0.6) is 0 Å². The van der Waals surface area contributed by atoms with Crippen LogP contribution in [0.25, 0.3) is 10.9 Å². The molecule has 0 bridgehead atoms. The molecule has 0 fully saturated rings. The third-order valence-corrected chi connectivity index (χ3v) is 5.01. The fraction of sp³-hybridized carbons (Fsp3) is 0.286. The van der Waals surface area contributed by atoms with Crippen LogP contribution in [0.1, 0.15) is 30.3 Å². The van der Waals surface area contributed by atoms with E-state index < -0.39 is 0 Å². The SMILES string of the molecule is CCN(Cc1nc2ccccc2c(=O)[nH]1)C(=O)CCc1ccc(C)c(Cl)c1. The Morgan fingerprint density at radius 1 is 1.22 bits per heavy atom. The van der Waals surface area contributed by atoms with Crippen LogP contribution in [0.2, 0.25) is 5.02 Å². The quantitative estimate of drug-likeness (QED) is 0.702. The summed E-state index contributed by atoms with van der Waals surface area (Å²) >= 11 is 6.15. The molecule has 0 radical (unpaired) electrons. The van der Waals surface area contributed by atoms with Crippen LogP contribution in [0.4, 0.5) is 0 Å².